The molecule has 0 amide bonds. The maximum atomic E-state index is 13.8. The van der Waals surface area contributed by atoms with Crippen LogP contribution in [0.5, 0.6) is 0 Å². The fraction of sp³-hybridized carbons (Fsp3) is 0.235. The largest absolute Gasteiger partial charge is 0.295 e. The maximum absolute atomic E-state index is 13.8. The number of rotatable bonds is 2. The lowest BCUT2D eigenvalue weighted by Gasteiger charge is -2.12. The Morgan fingerprint density at radius 3 is 2.57 bits per heavy atom. The summed E-state index contributed by atoms with van der Waals surface area (Å²) in [6, 6.07) is 9.55. The first kappa shape index (κ1) is 14.1. The van der Waals surface area contributed by atoms with Crippen molar-refractivity contribution >= 4 is 22.6 Å². The van der Waals surface area contributed by atoms with Crippen molar-refractivity contribution in [3.63, 3.8) is 0 Å². The average Bonchev–Trinajstić information content (AvgIpc) is 2.79. The molecule has 3 rings (SSSR count). The van der Waals surface area contributed by atoms with E-state index in [1.807, 2.05) is 17.6 Å². The summed E-state index contributed by atoms with van der Waals surface area (Å²) in [5.74, 6) is 0.766. The molecule has 21 heavy (non-hydrogen) atoms. The van der Waals surface area contributed by atoms with Crippen LogP contribution in [0.3, 0.4) is 0 Å². The van der Waals surface area contributed by atoms with Crippen LogP contribution in [0.15, 0.2) is 30.3 Å². The fourth-order valence-electron chi connectivity index (χ4n) is 2.57. The lowest BCUT2D eigenvalue weighted by Crippen LogP contribution is -2.02. The number of aryl methyl sites for hydroxylation is 3. The van der Waals surface area contributed by atoms with Gasteiger partial charge in [0.15, 0.2) is 0 Å². The number of fused-ring (bicyclic) bond motifs is 1. The molecule has 0 N–H and O–H groups in total. The SMILES string of the molecule is Cc1ccc(C)c(-n2c(CCl)nc3cc(F)c(C)cc32)c1. The van der Waals surface area contributed by atoms with Crippen LogP contribution >= 0.6 is 11.6 Å². The molecular formula is C17H16ClFN2. The van der Waals surface area contributed by atoms with E-state index in [0.717, 1.165) is 28.2 Å². The molecule has 108 valence electrons. The van der Waals surface area contributed by atoms with Crippen molar-refractivity contribution in [2.24, 2.45) is 0 Å². The van der Waals surface area contributed by atoms with Crippen molar-refractivity contribution in [2.75, 3.05) is 0 Å². The maximum Gasteiger partial charge on any atom is 0.129 e. The molecule has 0 aliphatic rings. The van der Waals surface area contributed by atoms with Crippen LogP contribution in [0.25, 0.3) is 16.7 Å². The number of benzene rings is 2. The van der Waals surface area contributed by atoms with Crippen molar-refractivity contribution in [1.82, 2.24) is 9.55 Å². The van der Waals surface area contributed by atoms with Gasteiger partial charge in [-0.15, -0.1) is 11.6 Å². The van der Waals surface area contributed by atoms with E-state index in [1.165, 1.54) is 6.07 Å². The highest BCUT2D eigenvalue weighted by molar-refractivity contribution is 6.17. The minimum Gasteiger partial charge on any atom is -0.295 e. The fourth-order valence-corrected chi connectivity index (χ4v) is 2.75. The third-order valence-electron chi connectivity index (χ3n) is 3.73. The molecule has 2 nitrogen and oxygen atoms in total. The summed E-state index contributed by atoms with van der Waals surface area (Å²) >= 11 is 6.05. The van der Waals surface area contributed by atoms with E-state index in [1.54, 1.807) is 6.92 Å². The molecule has 0 saturated carbocycles. The van der Waals surface area contributed by atoms with E-state index >= 15 is 0 Å². The van der Waals surface area contributed by atoms with Crippen molar-refractivity contribution in [3.05, 3.63) is 58.7 Å². The Kier molecular flexibility index (Phi) is 3.46. The highest BCUT2D eigenvalue weighted by atomic mass is 35.5. The zero-order valence-electron chi connectivity index (χ0n) is 12.2. The van der Waals surface area contributed by atoms with Gasteiger partial charge < -0.3 is 0 Å². The Labute approximate surface area is 128 Å². The quantitative estimate of drug-likeness (QED) is 0.620. The van der Waals surface area contributed by atoms with E-state index in [2.05, 4.69) is 30.1 Å². The molecule has 4 heteroatoms. The van der Waals surface area contributed by atoms with E-state index in [4.69, 9.17) is 11.6 Å². The number of aromatic nitrogens is 2. The molecule has 3 aromatic rings. The molecule has 0 bridgehead atoms. The number of nitrogens with zero attached hydrogens (tertiary/aromatic N) is 2. The zero-order chi connectivity index (χ0) is 15.1. The third-order valence-corrected chi connectivity index (χ3v) is 3.97. The van der Waals surface area contributed by atoms with Crippen LogP contribution in [0, 0.1) is 26.6 Å². The second-order valence-electron chi connectivity index (χ2n) is 5.38. The predicted octanol–water partition coefficient (Wildman–Crippen LogP) is 4.83. The second kappa shape index (κ2) is 5.15. The Hall–Kier alpha value is -1.87. The minimum atomic E-state index is -0.241. The van der Waals surface area contributed by atoms with Gasteiger partial charge in [-0.05, 0) is 49.6 Å². The van der Waals surface area contributed by atoms with Gasteiger partial charge in [0.25, 0.3) is 0 Å². The smallest absolute Gasteiger partial charge is 0.129 e. The van der Waals surface area contributed by atoms with Crippen LogP contribution < -0.4 is 0 Å². The summed E-state index contributed by atoms with van der Waals surface area (Å²) in [6.45, 7) is 5.86. The molecule has 0 aliphatic carbocycles. The molecule has 0 radical (unpaired) electrons. The van der Waals surface area contributed by atoms with Gasteiger partial charge in [0.05, 0.1) is 22.6 Å². The Balaban J connectivity index is 2.40. The molecule has 1 heterocycles. The highest BCUT2D eigenvalue weighted by Crippen LogP contribution is 2.27. The Morgan fingerprint density at radius 1 is 1.10 bits per heavy atom. The molecule has 2 aromatic carbocycles. The summed E-state index contributed by atoms with van der Waals surface area (Å²) < 4.78 is 15.8. The first-order valence-electron chi connectivity index (χ1n) is 6.82. The molecule has 0 unspecified atom stereocenters. The van der Waals surface area contributed by atoms with Gasteiger partial charge in [0, 0.05) is 6.07 Å². The van der Waals surface area contributed by atoms with Crippen LogP contribution in [0.2, 0.25) is 0 Å². The summed E-state index contributed by atoms with van der Waals surface area (Å²) in [5.41, 5.74) is 5.46. The molecule has 0 atom stereocenters. The molecule has 0 fully saturated rings. The van der Waals surface area contributed by atoms with Gasteiger partial charge in [0.1, 0.15) is 11.6 Å². The van der Waals surface area contributed by atoms with Gasteiger partial charge in [0.2, 0.25) is 0 Å². The Morgan fingerprint density at radius 2 is 1.86 bits per heavy atom. The summed E-state index contributed by atoms with van der Waals surface area (Å²) in [6.07, 6.45) is 0. The monoisotopic (exact) mass is 302 g/mol. The number of imidazole rings is 1. The predicted molar refractivity (Wildman–Crippen MR) is 84.8 cm³/mol. The first-order chi connectivity index (χ1) is 10.0. The van der Waals surface area contributed by atoms with E-state index in [9.17, 15) is 4.39 Å². The number of halogens is 2. The standard InChI is InChI=1S/C17H16ClFN2/c1-10-4-5-11(2)15(6-10)21-16-7-12(3)13(19)8-14(16)20-17(21)9-18/h4-8H,9H2,1-3H3. The summed E-state index contributed by atoms with van der Waals surface area (Å²) in [4.78, 5) is 4.47. The second-order valence-corrected chi connectivity index (χ2v) is 5.64. The van der Waals surface area contributed by atoms with Crippen LogP contribution in [0.1, 0.15) is 22.5 Å². The van der Waals surface area contributed by atoms with Crippen LogP contribution in [-0.2, 0) is 5.88 Å². The molecule has 1 aromatic heterocycles. The summed E-state index contributed by atoms with van der Waals surface area (Å²) in [5, 5.41) is 0. The van der Waals surface area contributed by atoms with E-state index in [-0.39, 0.29) is 11.7 Å². The normalized spacial score (nSPS) is 11.3. The van der Waals surface area contributed by atoms with Crippen molar-refractivity contribution in [1.29, 1.82) is 0 Å². The van der Waals surface area contributed by atoms with Crippen molar-refractivity contribution < 1.29 is 4.39 Å². The van der Waals surface area contributed by atoms with Gasteiger partial charge in [-0.25, -0.2) is 9.37 Å². The number of hydrogen-bond acceptors (Lipinski definition) is 1. The third kappa shape index (κ3) is 2.32. The number of hydrogen-bond donors (Lipinski definition) is 0. The Bertz CT molecular complexity index is 836. The van der Waals surface area contributed by atoms with E-state index in [0.29, 0.717) is 11.1 Å². The van der Waals surface area contributed by atoms with Crippen molar-refractivity contribution in [3.8, 4) is 5.69 Å². The molecule has 0 aliphatic heterocycles. The molecule has 0 spiro atoms. The van der Waals surface area contributed by atoms with Crippen molar-refractivity contribution in [2.45, 2.75) is 26.7 Å². The van der Waals surface area contributed by atoms with Crippen LogP contribution in [0.4, 0.5) is 4.39 Å². The molecular weight excluding hydrogens is 287 g/mol. The first-order valence-corrected chi connectivity index (χ1v) is 7.36. The minimum absolute atomic E-state index is 0.241. The van der Waals surface area contributed by atoms with Gasteiger partial charge in [-0.1, -0.05) is 12.1 Å². The average molecular weight is 303 g/mol. The number of alkyl halides is 1. The topological polar surface area (TPSA) is 17.8 Å². The van der Waals surface area contributed by atoms with Gasteiger partial charge in [-0.2, -0.15) is 0 Å². The van der Waals surface area contributed by atoms with Gasteiger partial charge in [-0.3, -0.25) is 4.57 Å². The molecule has 0 saturated heterocycles. The van der Waals surface area contributed by atoms with Crippen LogP contribution in [-0.4, -0.2) is 9.55 Å². The lowest BCUT2D eigenvalue weighted by atomic mass is 10.1. The van der Waals surface area contributed by atoms with E-state index < -0.39 is 0 Å². The zero-order valence-corrected chi connectivity index (χ0v) is 13.0. The summed E-state index contributed by atoms with van der Waals surface area (Å²) in [7, 11) is 0. The lowest BCUT2D eigenvalue weighted by molar-refractivity contribution is 0.620. The van der Waals surface area contributed by atoms with Gasteiger partial charge >= 0.3 is 0 Å². The highest BCUT2D eigenvalue weighted by Gasteiger charge is 2.15.